The number of fused-ring (bicyclic) bond motifs is 1. The van der Waals surface area contributed by atoms with Gasteiger partial charge in [0.25, 0.3) is 0 Å². The average molecular weight is 428 g/mol. The lowest BCUT2D eigenvalue weighted by Crippen LogP contribution is -2.14. The van der Waals surface area contributed by atoms with Crippen molar-refractivity contribution >= 4 is 49.0 Å². The Morgan fingerprint density at radius 2 is 2.14 bits per heavy atom. The van der Waals surface area contributed by atoms with Gasteiger partial charge in [0.05, 0.1) is 23.1 Å². The molecule has 0 bridgehead atoms. The largest absolute Gasteiger partial charge is 0.317 e. The first-order valence-electron chi connectivity index (χ1n) is 8.47. The van der Waals surface area contributed by atoms with Crippen LogP contribution >= 0.6 is 11.3 Å². The molecular formula is C18H16N6O3S2. The monoisotopic (exact) mass is 428 g/mol. The number of sulfonamides is 1. The highest BCUT2D eigenvalue weighted by molar-refractivity contribution is 7.92. The van der Waals surface area contributed by atoms with Crippen molar-refractivity contribution in [1.29, 1.82) is 0 Å². The van der Waals surface area contributed by atoms with E-state index in [1.54, 1.807) is 30.5 Å². The van der Waals surface area contributed by atoms with E-state index in [0.29, 0.717) is 21.9 Å². The number of hydrogen-bond donors (Lipinski definition) is 3. The van der Waals surface area contributed by atoms with Gasteiger partial charge in [0.2, 0.25) is 15.9 Å². The third-order valence-corrected chi connectivity index (χ3v) is 5.42. The van der Waals surface area contributed by atoms with Gasteiger partial charge < -0.3 is 5.32 Å². The Hall–Kier alpha value is -3.31. The topological polar surface area (TPSA) is 130 Å². The van der Waals surface area contributed by atoms with Crippen LogP contribution in [-0.2, 0) is 21.2 Å². The number of H-pyrrole nitrogens is 1. The Morgan fingerprint density at radius 3 is 2.97 bits per heavy atom. The quantitative estimate of drug-likeness (QED) is 0.433. The van der Waals surface area contributed by atoms with Crippen LogP contribution in [-0.4, -0.2) is 40.7 Å². The maximum absolute atomic E-state index is 12.4. The molecule has 3 heterocycles. The predicted octanol–water partition coefficient (Wildman–Crippen LogP) is 2.63. The van der Waals surface area contributed by atoms with Gasteiger partial charge >= 0.3 is 0 Å². The number of aromatic nitrogens is 4. The molecule has 9 nitrogen and oxygen atoms in total. The van der Waals surface area contributed by atoms with Crippen LogP contribution in [0.4, 0.5) is 10.7 Å². The Bertz CT molecular complexity index is 1300. The second kappa shape index (κ2) is 7.60. The van der Waals surface area contributed by atoms with Crippen LogP contribution in [0.1, 0.15) is 5.56 Å². The number of carbonyl (C=O) groups is 1. The van der Waals surface area contributed by atoms with Gasteiger partial charge in [-0.2, -0.15) is 5.10 Å². The minimum atomic E-state index is -3.37. The fraction of sp³-hybridized carbons (Fsp3) is 0.111. The van der Waals surface area contributed by atoms with E-state index in [1.807, 2.05) is 11.4 Å². The number of amides is 1. The van der Waals surface area contributed by atoms with E-state index in [9.17, 15) is 13.2 Å². The Balaban J connectivity index is 1.45. The number of aromatic amines is 1. The molecule has 0 saturated carbocycles. The number of carbonyl (C=O) groups excluding carboxylic acids is 1. The fourth-order valence-electron chi connectivity index (χ4n) is 2.83. The molecule has 0 aliphatic rings. The van der Waals surface area contributed by atoms with Crippen LogP contribution in [0.15, 0.2) is 48.2 Å². The first kappa shape index (κ1) is 19.0. The van der Waals surface area contributed by atoms with Gasteiger partial charge in [-0.15, -0.1) is 11.3 Å². The molecule has 0 fully saturated rings. The summed E-state index contributed by atoms with van der Waals surface area (Å²) in [5, 5.41) is 13.4. The smallest absolute Gasteiger partial charge is 0.229 e. The standard InChI is InChI=1S/C18H16N6O3S2/c1-29(26,27)24-13-4-2-3-11(5-13)6-15(25)21-16-7-12(9-28-16)17-14-8-19-10-20-18(14)23-22-17/h2-5,7-10,24H,6H2,1H3,(H,21,25)(H,19,20,22,23). The molecule has 0 saturated heterocycles. The third-order valence-electron chi connectivity index (χ3n) is 3.97. The molecule has 4 aromatic rings. The first-order valence-corrected chi connectivity index (χ1v) is 11.2. The van der Waals surface area contributed by atoms with Crippen LogP contribution < -0.4 is 10.0 Å². The van der Waals surface area contributed by atoms with Crippen LogP contribution in [0.25, 0.3) is 22.3 Å². The van der Waals surface area contributed by atoms with E-state index in [0.717, 1.165) is 22.9 Å². The number of nitrogens with zero attached hydrogens (tertiary/aromatic N) is 3. The predicted molar refractivity (Wildman–Crippen MR) is 112 cm³/mol. The van der Waals surface area contributed by atoms with Crippen molar-refractivity contribution < 1.29 is 13.2 Å². The Morgan fingerprint density at radius 1 is 1.28 bits per heavy atom. The third kappa shape index (κ3) is 4.58. The summed E-state index contributed by atoms with van der Waals surface area (Å²) in [4.78, 5) is 20.5. The molecule has 4 rings (SSSR count). The number of rotatable bonds is 6. The molecule has 3 aromatic heterocycles. The molecule has 11 heteroatoms. The molecule has 0 radical (unpaired) electrons. The molecule has 0 aliphatic carbocycles. The van der Waals surface area contributed by atoms with Gasteiger partial charge in [0.1, 0.15) is 12.0 Å². The summed E-state index contributed by atoms with van der Waals surface area (Å²) >= 11 is 1.39. The highest BCUT2D eigenvalue weighted by Gasteiger charge is 2.13. The maximum atomic E-state index is 12.4. The molecule has 0 aliphatic heterocycles. The number of anilines is 2. The molecular weight excluding hydrogens is 412 g/mol. The minimum Gasteiger partial charge on any atom is -0.317 e. The van der Waals surface area contributed by atoms with Crippen LogP contribution in [0.5, 0.6) is 0 Å². The second-order valence-electron chi connectivity index (χ2n) is 6.36. The van der Waals surface area contributed by atoms with Crippen molar-refractivity contribution in [2.75, 3.05) is 16.3 Å². The van der Waals surface area contributed by atoms with E-state index < -0.39 is 10.0 Å². The summed E-state index contributed by atoms with van der Waals surface area (Å²) in [6.45, 7) is 0. The lowest BCUT2D eigenvalue weighted by atomic mass is 10.1. The van der Waals surface area contributed by atoms with Crippen molar-refractivity contribution in [2.45, 2.75) is 6.42 Å². The minimum absolute atomic E-state index is 0.117. The van der Waals surface area contributed by atoms with Gasteiger partial charge in [-0.3, -0.25) is 14.6 Å². The van der Waals surface area contributed by atoms with Crippen molar-refractivity contribution in [2.24, 2.45) is 0 Å². The first-order chi connectivity index (χ1) is 13.9. The molecule has 1 amide bonds. The molecule has 1 aromatic carbocycles. The van der Waals surface area contributed by atoms with Gasteiger partial charge in [0.15, 0.2) is 5.65 Å². The van der Waals surface area contributed by atoms with Crippen molar-refractivity contribution in [3.8, 4) is 11.3 Å². The second-order valence-corrected chi connectivity index (χ2v) is 9.02. The van der Waals surface area contributed by atoms with E-state index in [4.69, 9.17) is 0 Å². The highest BCUT2D eigenvalue weighted by Crippen LogP contribution is 2.31. The maximum Gasteiger partial charge on any atom is 0.229 e. The zero-order valence-corrected chi connectivity index (χ0v) is 16.8. The number of thiophene rings is 1. The Labute approximate surface area is 170 Å². The Kier molecular flexibility index (Phi) is 4.99. The van der Waals surface area contributed by atoms with E-state index >= 15 is 0 Å². The van der Waals surface area contributed by atoms with Gasteiger partial charge in [-0.05, 0) is 23.8 Å². The summed E-state index contributed by atoms with van der Waals surface area (Å²) in [6.07, 6.45) is 4.33. The zero-order chi connectivity index (χ0) is 20.4. The SMILES string of the molecule is CS(=O)(=O)Nc1cccc(CC(=O)Nc2cc(-c3n[nH]c4ncncc34)cs2)c1. The van der Waals surface area contributed by atoms with E-state index in [-0.39, 0.29) is 12.3 Å². The van der Waals surface area contributed by atoms with E-state index in [2.05, 4.69) is 30.2 Å². The van der Waals surface area contributed by atoms with Gasteiger partial charge in [0, 0.05) is 22.8 Å². The van der Waals surface area contributed by atoms with Gasteiger partial charge in [-0.25, -0.2) is 18.4 Å². The number of nitrogens with one attached hydrogen (secondary N) is 3. The van der Waals surface area contributed by atoms with Crippen LogP contribution in [0.2, 0.25) is 0 Å². The summed E-state index contributed by atoms with van der Waals surface area (Å²) in [7, 11) is -3.37. The van der Waals surface area contributed by atoms with Gasteiger partial charge in [-0.1, -0.05) is 12.1 Å². The van der Waals surface area contributed by atoms with Crippen molar-refractivity contribution in [3.05, 3.63) is 53.8 Å². The van der Waals surface area contributed by atoms with Crippen molar-refractivity contribution in [1.82, 2.24) is 20.2 Å². The molecule has 3 N–H and O–H groups in total. The number of benzene rings is 1. The molecule has 0 unspecified atom stereocenters. The lowest BCUT2D eigenvalue weighted by molar-refractivity contribution is -0.115. The van der Waals surface area contributed by atoms with E-state index in [1.165, 1.54) is 17.7 Å². The normalized spacial score (nSPS) is 11.5. The van der Waals surface area contributed by atoms with Crippen LogP contribution in [0, 0.1) is 0 Å². The molecule has 148 valence electrons. The molecule has 29 heavy (non-hydrogen) atoms. The summed E-state index contributed by atoms with van der Waals surface area (Å²) < 4.78 is 25.1. The zero-order valence-electron chi connectivity index (χ0n) is 15.2. The number of hydrogen-bond acceptors (Lipinski definition) is 7. The average Bonchev–Trinajstić information content (AvgIpc) is 3.27. The summed E-state index contributed by atoms with van der Waals surface area (Å²) in [5.74, 6) is -0.204. The molecule has 0 atom stereocenters. The molecule has 0 spiro atoms. The van der Waals surface area contributed by atoms with Crippen molar-refractivity contribution in [3.63, 3.8) is 0 Å². The van der Waals surface area contributed by atoms with Crippen LogP contribution in [0.3, 0.4) is 0 Å². The summed E-state index contributed by atoms with van der Waals surface area (Å²) in [5.41, 5.74) is 3.34. The summed E-state index contributed by atoms with van der Waals surface area (Å²) in [6, 6.07) is 8.57. The highest BCUT2D eigenvalue weighted by atomic mass is 32.2. The fourth-order valence-corrected chi connectivity index (χ4v) is 4.19. The lowest BCUT2D eigenvalue weighted by Gasteiger charge is -2.07.